The Balaban J connectivity index is 2.07. The summed E-state index contributed by atoms with van der Waals surface area (Å²) in [5, 5.41) is 2.29. The molecule has 0 aliphatic carbocycles. The maximum absolute atomic E-state index is 12.6. The summed E-state index contributed by atoms with van der Waals surface area (Å²) in [6, 6.07) is 6.77. The standard InChI is InChI=1S/C13H20FN/c1-2-3-4-5-10-15-11-12-6-8-13(14)9-7-12/h6-9,15H,2-5,10-11H2,1H3/p+1. The molecule has 0 aliphatic heterocycles. The van der Waals surface area contributed by atoms with Gasteiger partial charge >= 0.3 is 0 Å². The second-order valence-corrected chi connectivity index (χ2v) is 3.97. The predicted molar refractivity (Wildman–Crippen MR) is 61.0 cm³/mol. The highest BCUT2D eigenvalue weighted by Gasteiger charge is 1.96. The van der Waals surface area contributed by atoms with Gasteiger partial charge in [0.25, 0.3) is 0 Å². The molecule has 0 saturated carbocycles. The van der Waals surface area contributed by atoms with Gasteiger partial charge in [-0.05, 0) is 25.0 Å². The molecule has 1 nitrogen and oxygen atoms in total. The minimum absolute atomic E-state index is 0.151. The third-order valence-electron chi connectivity index (χ3n) is 2.56. The molecule has 0 spiro atoms. The summed E-state index contributed by atoms with van der Waals surface area (Å²) >= 11 is 0. The smallest absolute Gasteiger partial charge is 0.123 e. The third-order valence-corrected chi connectivity index (χ3v) is 2.56. The van der Waals surface area contributed by atoms with Gasteiger partial charge in [-0.1, -0.05) is 31.9 Å². The lowest BCUT2D eigenvalue weighted by Crippen LogP contribution is -2.82. The highest BCUT2D eigenvalue weighted by atomic mass is 19.1. The van der Waals surface area contributed by atoms with Gasteiger partial charge in [0.2, 0.25) is 0 Å². The van der Waals surface area contributed by atoms with Crippen molar-refractivity contribution in [2.45, 2.75) is 39.2 Å². The third kappa shape index (κ3) is 5.53. The van der Waals surface area contributed by atoms with Gasteiger partial charge in [-0.2, -0.15) is 0 Å². The number of hydrogen-bond acceptors (Lipinski definition) is 0. The lowest BCUT2D eigenvalue weighted by molar-refractivity contribution is -0.671. The molecular formula is C13H21FN+. The normalized spacial score (nSPS) is 10.5. The van der Waals surface area contributed by atoms with E-state index in [1.165, 1.54) is 49.9 Å². The molecule has 0 fully saturated rings. The summed E-state index contributed by atoms with van der Waals surface area (Å²) in [6.45, 7) is 4.37. The zero-order valence-electron chi connectivity index (χ0n) is 9.51. The minimum atomic E-state index is -0.151. The summed E-state index contributed by atoms with van der Waals surface area (Å²) in [5.74, 6) is -0.151. The summed E-state index contributed by atoms with van der Waals surface area (Å²) in [5.41, 5.74) is 1.20. The second kappa shape index (κ2) is 7.41. The molecule has 0 aromatic heterocycles. The molecule has 0 radical (unpaired) electrons. The van der Waals surface area contributed by atoms with Gasteiger partial charge in [0.1, 0.15) is 12.4 Å². The zero-order valence-corrected chi connectivity index (χ0v) is 9.51. The number of benzene rings is 1. The predicted octanol–water partition coefficient (Wildman–Crippen LogP) is 2.47. The van der Waals surface area contributed by atoms with Crippen molar-refractivity contribution >= 4 is 0 Å². The van der Waals surface area contributed by atoms with Crippen LogP contribution in [0.25, 0.3) is 0 Å². The van der Waals surface area contributed by atoms with Crippen LogP contribution in [0, 0.1) is 5.82 Å². The molecular weight excluding hydrogens is 189 g/mol. The first kappa shape index (κ1) is 12.2. The Hall–Kier alpha value is -0.890. The van der Waals surface area contributed by atoms with Crippen LogP contribution < -0.4 is 5.32 Å². The van der Waals surface area contributed by atoms with Crippen LogP contribution in [0.4, 0.5) is 4.39 Å². The highest BCUT2D eigenvalue weighted by molar-refractivity contribution is 5.14. The summed E-state index contributed by atoms with van der Waals surface area (Å²) in [7, 11) is 0. The molecule has 0 heterocycles. The van der Waals surface area contributed by atoms with Crippen molar-refractivity contribution < 1.29 is 9.71 Å². The largest absolute Gasteiger partial charge is 0.343 e. The van der Waals surface area contributed by atoms with Crippen LogP contribution in [-0.2, 0) is 6.54 Å². The Kier molecular flexibility index (Phi) is 6.02. The number of hydrogen-bond donors (Lipinski definition) is 1. The van der Waals surface area contributed by atoms with Gasteiger partial charge in [-0.15, -0.1) is 0 Å². The van der Waals surface area contributed by atoms with Crippen molar-refractivity contribution in [3.05, 3.63) is 35.6 Å². The fourth-order valence-corrected chi connectivity index (χ4v) is 1.60. The molecule has 2 heteroatoms. The van der Waals surface area contributed by atoms with Gasteiger partial charge in [0.05, 0.1) is 6.54 Å². The van der Waals surface area contributed by atoms with Crippen molar-refractivity contribution in [2.75, 3.05) is 6.54 Å². The van der Waals surface area contributed by atoms with E-state index in [0.29, 0.717) is 0 Å². The zero-order chi connectivity index (χ0) is 10.9. The molecule has 1 rings (SSSR count). The van der Waals surface area contributed by atoms with E-state index in [1.54, 1.807) is 0 Å². The van der Waals surface area contributed by atoms with Crippen LogP contribution in [0.1, 0.15) is 38.2 Å². The molecule has 1 aromatic carbocycles. The molecule has 2 N–H and O–H groups in total. The molecule has 0 atom stereocenters. The van der Waals surface area contributed by atoms with Crippen LogP contribution >= 0.6 is 0 Å². The van der Waals surface area contributed by atoms with Crippen LogP contribution in [0.5, 0.6) is 0 Å². The van der Waals surface area contributed by atoms with E-state index < -0.39 is 0 Å². The summed E-state index contributed by atoms with van der Waals surface area (Å²) < 4.78 is 12.6. The van der Waals surface area contributed by atoms with Crippen molar-refractivity contribution in [3.63, 3.8) is 0 Å². The number of quaternary nitrogens is 1. The van der Waals surface area contributed by atoms with Crippen molar-refractivity contribution in [3.8, 4) is 0 Å². The topological polar surface area (TPSA) is 16.6 Å². The molecule has 15 heavy (non-hydrogen) atoms. The maximum atomic E-state index is 12.6. The quantitative estimate of drug-likeness (QED) is 0.666. The Morgan fingerprint density at radius 3 is 2.47 bits per heavy atom. The van der Waals surface area contributed by atoms with Crippen LogP contribution in [0.3, 0.4) is 0 Å². The SMILES string of the molecule is CCCCCC[NH2+]Cc1ccc(F)cc1. The van der Waals surface area contributed by atoms with Crippen molar-refractivity contribution in [1.29, 1.82) is 0 Å². The van der Waals surface area contributed by atoms with E-state index in [-0.39, 0.29) is 5.82 Å². The Labute approximate surface area is 91.7 Å². The highest BCUT2D eigenvalue weighted by Crippen LogP contribution is 2.00. The van der Waals surface area contributed by atoms with E-state index in [2.05, 4.69) is 12.2 Å². The maximum Gasteiger partial charge on any atom is 0.123 e. The van der Waals surface area contributed by atoms with Crippen LogP contribution in [0.2, 0.25) is 0 Å². The van der Waals surface area contributed by atoms with Gasteiger partial charge in [0, 0.05) is 5.56 Å². The average molecular weight is 210 g/mol. The minimum Gasteiger partial charge on any atom is -0.343 e. The Morgan fingerprint density at radius 1 is 1.07 bits per heavy atom. The van der Waals surface area contributed by atoms with E-state index in [0.717, 1.165) is 6.54 Å². The molecule has 0 aliphatic rings. The summed E-state index contributed by atoms with van der Waals surface area (Å²) in [4.78, 5) is 0. The fourth-order valence-electron chi connectivity index (χ4n) is 1.60. The van der Waals surface area contributed by atoms with Gasteiger partial charge in [0.15, 0.2) is 0 Å². The van der Waals surface area contributed by atoms with Crippen molar-refractivity contribution in [1.82, 2.24) is 0 Å². The summed E-state index contributed by atoms with van der Waals surface area (Å²) in [6.07, 6.45) is 5.24. The van der Waals surface area contributed by atoms with Crippen molar-refractivity contribution in [2.24, 2.45) is 0 Å². The van der Waals surface area contributed by atoms with E-state index in [1.807, 2.05) is 12.1 Å². The first-order valence-corrected chi connectivity index (χ1v) is 5.89. The number of nitrogens with two attached hydrogens (primary N) is 1. The molecule has 0 amide bonds. The molecule has 84 valence electrons. The molecule has 0 unspecified atom stereocenters. The first-order chi connectivity index (χ1) is 7.33. The van der Waals surface area contributed by atoms with E-state index >= 15 is 0 Å². The van der Waals surface area contributed by atoms with Gasteiger partial charge < -0.3 is 5.32 Å². The Bertz CT molecular complexity index is 256. The van der Waals surface area contributed by atoms with Gasteiger partial charge in [-0.3, -0.25) is 0 Å². The molecule has 0 bridgehead atoms. The van der Waals surface area contributed by atoms with E-state index in [9.17, 15) is 4.39 Å². The second-order valence-electron chi connectivity index (χ2n) is 3.97. The van der Waals surface area contributed by atoms with Crippen LogP contribution in [0.15, 0.2) is 24.3 Å². The number of halogens is 1. The number of unbranched alkanes of at least 4 members (excludes halogenated alkanes) is 3. The fraction of sp³-hybridized carbons (Fsp3) is 0.538. The van der Waals surface area contributed by atoms with Crippen LogP contribution in [-0.4, -0.2) is 6.54 Å². The first-order valence-electron chi connectivity index (χ1n) is 5.89. The Morgan fingerprint density at radius 2 is 1.80 bits per heavy atom. The lowest BCUT2D eigenvalue weighted by Gasteiger charge is -2.01. The van der Waals surface area contributed by atoms with Gasteiger partial charge in [-0.25, -0.2) is 4.39 Å². The average Bonchev–Trinajstić information content (AvgIpc) is 2.26. The molecule has 0 saturated heterocycles. The lowest BCUT2D eigenvalue weighted by atomic mass is 10.2. The monoisotopic (exact) mass is 210 g/mol. The van der Waals surface area contributed by atoms with E-state index in [4.69, 9.17) is 0 Å². The molecule has 1 aromatic rings. The number of rotatable bonds is 7.